The number of pyridine rings is 1. The van der Waals surface area contributed by atoms with Crippen LogP contribution in [0.4, 0.5) is 0 Å². The molecule has 0 aliphatic carbocycles. The van der Waals surface area contributed by atoms with Crippen LogP contribution in [0.3, 0.4) is 0 Å². The normalized spacial score (nSPS) is 12.2. The van der Waals surface area contributed by atoms with Crippen LogP contribution in [0.5, 0.6) is 5.75 Å². The number of ether oxygens (including phenoxy) is 1. The predicted molar refractivity (Wildman–Crippen MR) is 86.6 cm³/mol. The summed E-state index contributed by atoms with van der Waals surface area (Å²) in [6, 6.07) is 10.4. The third-order valence-electron chi connectivity index (χ3n) is 3.91. The zero-order valence-electron chi connectivity index (χ0n) is 13.1. The van der Waals surface area contributed by atoms with E-state index in [9.17, 15) is 0 Å². The number of hydrogen-bond donors (Lipinski definition) is 1. The Morgan fingerprint density at radius 1 is 1.19 bits per heavy atom. The van der Waals surface area contributed by atoms with Gasteiger partial charge < -0.3 is 10.5 Å². The van der Waals surface area contributed by atoms with E-state index >= 15 is 0 Å². The van der Waals surface area contributed by atoms with Crippen molar-refractivity contribution in [2.75, 3.05) is 7.11 Å². The Hall–Kier alpha value is -1.87. The third-order valence-corrected chi connectivity index (χ3v) is 3.91. The van der Waals surface area contributed by atoms with Crippen molar-refractivity contribution in [2.24, 2.45) is 5.73 Å². The van der Waals surface area contributed by atoms with E-state index in [1.165, 1.54) is 5.56 Å². The number of methoxy groups -OCH3 is 1. The smallest absolute Gasteiger partial charge is 0.128 e. The lowest BCUT2D eigenvalue weighted by Gasteiger charge is -2.14. The summed E-state index contributed by atoms with van der Waals surface area (Å²) in [5.74, 6) is 0.951. The lowest BCUT2D eigenvalue weighted by atomic mass is 10.00. The van der Waals surface area contributed by atoms with Crippen molar-refractivity contribution >= 4 is 0 Å². The van der Waals surface area contributed by atoms with E-state index in [2.05, 4.69) is 24.0 Å². The fourth-order valence-corrected chi connectivity index (χ4v) is 2.68. The molecule has 0 bridgehead atoms. The van der Waals surface area contributed by atoms with Gasteiger partial charge in [0.25, 0.3) is 0 Å². The first kappa shape index (κ1) is 15.5. The number of benzene rings is 1. The fraction of sp³-hybridized carbons (Fsp3) is 0.389. The van der Waals surface area contributed by atoms with Crippen molar-refractivity contribution in [3.05, 3.63) is 58.9 Å². The highest BCUT2D eigenvalue weighted by atomic mass is 16.5. The first-order valence-electron chi connectivity index (χ1n) is 7.43. The van der Waals surface area contributed by atoms with E-state index in [1.807, 2.05) is 31.3 Å². The molecule has 2 N–H and O–H groups in total. The molecule has 1 unspecified atom stereocenters. The maximum atomic E-state index is 6.23. The van der Waals surface area contributed by atoms with Crippen molar-refractivity contribution in [3.8, 4) is 5.75 Å². The van der Waals surface area contributed by atoms with Crippen LogP contribution in [-0.2, 0) is 6.42 Å². The maximum Gasteiger partial charge on any atom is 0.128 e. The number of aromatic nitrogens is 1. The van der Waals surface area contributed by atoms with Gasteiger partial charge in [-0.25, -0.2) is 0 Å². The summed E-state index contributed by atoms with van der Waals surface area (Å²) in [6.07, 6.45) is 4.80. The molecule has 0 saturated carbocycles. The third kappa shape index (κ3) is 3.82. The summed E-state index contributed by atoms with van der Waals surface area (Å²) in [5, 5.41) is 0. The van der Waals surface area contributed by atoms with Gasteiger partial charge in [0.1, 0.15) is 5.75 Å². The zero-order valence-corrected chi connectivity index (χ0v) is 13.1. The maximum absolute atomic E-state index is 6.23. The molecule has 0 spiro atoms. The Kier molecular flexibility index (Phi) is 5.34. The number of rotatable bonds is 6. The standard InChI is InChI=1S/C18H24N2O/c1-13-12-20-17(14(2)18(13)21-3)11-7-10-16(19)15-8-5-4-6-9-15/h4-6,8-9,12,16H,7,10-11,19H2,1-3H3. The first-order chi connectivity index (χ1) is 10.1. The molecule has 0 aliphatic rings. The highest BCUT2D eigenvalue weighted by molar-refractivity contribution is 5.41. The molecule has 0 saturated heterocycles. The summed E-state index contributed by atoms with van der Waals surface area (Å²) in [4.78, 5) is 4.54. The van der Waals surface area contributed by atoms with Gasteiger partial charge in [0.2, 0.25) is 0 Å². The fourth-order valence-electron chi connectivity index (χ4n) is 2.68. The van der Waals surface area contributed by atoms with Gasteiger partial charge in [-0.2, -0.15) is 0 Å². The predicted octanol–water partition coefficient (Wildman–Crippen LogP) is 3.73. The van der Waals surface area contributed by atoms with Crippen molar-refractivity contribution in [2.45, 2.75) is 39.2 Å². The van der Waals surface area contributed by atoms with Crippen LogP contribution in [0, 0.1) is 13.8 Å². The second-order valence-electron chi connectivity index (χ2n) is 5.46. The van der Waals surface area contributed by atoms with E-state index in [1.54, 1.807) is 7.11 Å². The van der Waals surface area contributed by atoms with Crippen LogP contribution in [0.1, 0.15) is 41.3 Å². The number of hydrogen-bond acceptors (Lipinski definition) is 3. The minimum absolute atomic E-state index is 0.0962. The van der Waals surface area contributed by atoms with Crippen molar-refractivity contribution in [1.29, 1.82) is 0 Å². The van der Waals surface area contributed by atoms with Crippen LogP contribution in [0.15, 0.2) is 36.5 Å². The molecular formula is C18H24N2O. The van der Waals surface area contributed by atoms with Gasteiger partial charge in [0.05, 0.1) is 7.11 Å². The van der Waals surface area contributed by atoms with Gasteiger partial charge in [0, 0.05) is 29.1 Å². The van der Waals surface area contributed by atoms with Gasteiger partial charge >= 0.3 is 0 Å². The van der Waals surface area contributed by atoms with Crippen molar-refractivity contribution in [3.63, 3.8) is 0 Å². The molecule has 3 nitrogen and oxygen atoms in total. The van der Waals surface area contributed by atoms with E-state index in [4.69, 9.17) is 10.5 Å². The molecule has 0 radical (unpaired) electrons. The van der Waals surface area contributed by atoms with Crippen LogP contribution in [0.25, 0.3) is 0 Å². The summed E-state index contributed by atoms with van der Waals surface area (Å²) >= 11 is 0. The minimum atomic E-state index is 0.0962. The molecular weight excluding hydrogens is 260 g/mol. The van der Waals surface area contributed by atoms with Gasteiger partial charge in [-0.15, -0.1) is 0 Å². The molecule has 3 heteroatoms. The lowest BCUT2D eigenvalue weighted by Crippen LogP contribution is -2.10. The van der Waals surface area contributed by atoms with Crippen molar-refractivity contribution in [1.82, 2.24) is 4.98 Å². The van der Waals surface area contributed by atoms with Crippen LogP contribution in [-0.4, -0.2) is 12.1 Å². The Bertz CT molecular complexity index is 581. The molecule has 2 rings (SSSR count). The van der Waals surface area contributed by atoms with Gasteiger partial charge in [0.15, 0.2) is 0 Å². The molecule has 0 aliphatic heterocycles. The van der Waals surface area contributed by atoms with E-state index < -0.39 is 0 Å². The van der Waals surface area contributed by atoms with E-state index in [0.29, 0.717) is 0 Å². The first-order valence-corrected chi connectivity index (χ1v) is 7.43. The van der Waals surface area contributed by atoms with Gasteiger partial charge in [-0.3, -0.25) is 4.98 Å². The molecule has 1 aromatic heterocycles. The SMILES string of the molecule is COc1c(C)cnc(CCCC(N)c2ccccc2)c1C. The molecule has 2 aromatic rings. The van der Waals surface area contributed by atoms with Crippen LogP contribution in [0.2, 0.25) is 0 Å². The molecule has 0 amide bonds. The number of nitrogens with zero attached hydrogens (tertiary/aromatic N) is 1. The summed E-state index contributed by atoms with van der Waals surface area (Å²) in [7, 11) is 1.71. The Labute approximate surface area is 127 Å². The highest BCUT2D eigenvalue weighted by Crippen LogP contribution is 2.25. The highest BCUT2D eigenvalue weighted by Gasteiger charge is 2.10. The van der Waals surface area contributed by atoms with Crippen LogP contribution >= 0.6 is 0 Å². The summed E-state index contributed by atoms with van der Waals surface area (Å²) < 4.78 is 5.45. The average Bonchev–Trinajstić information content (AvgIpc) is 2.51. The Morgan fingerprint density at radius 2 is 1.90 bits per heavy atom. The minimum Gasteiger partial charge on any atom is -0.496 e. The Morgan fingerprint density at radius 3 is 2.57 bits per heavy atom. The van der Waals surface area contributed by atoms with Gasteiger partial charge in [-0.05, 0) is 38.7 Å². The average molecular weight is 284 g/mol. The molecule has 1 aromatic carbocycles. The zero-order chi connectivity index (χ0) is 15.2. The summed E-state index contributed by atoms with van der Waals surface area (Å²) in [5.41, 5.74) is 10.8. The molecule has 1 atom stereocenters. The van der Waals surface area contributed by atoms with E-state index in [0.717, 1.165) is 41.8 Å². The quantitative estimate of drug-likeness (QED) is 0.879. The number of nitrogens with two attached hydrogens (primary N) is 1. The monoisotopic (exact) mass is 284 g/mol. The summed E-state index contributed by atoms with van der Waals surface area (Å²) in [6.45, 7) is 4.10. The topological polar surface area (TPSA) is 48.1 Å². The van der Waals surface area contributed by atoms with E-state index in [-0.39, 0.29) is 6.04 Å². The lowest BCUT2D eigenvalue weighted by molar-refractivity contribution is 0.406. The Balaban J connectivity index is 1.95. The molecule has 0 fully saturated rings. The van der Waals surface area contributed by atoms with Gasteiger partial charge in [-0.1, -0.05) is 30.3 Å². The second-order valence-corrected chi connectivity index (χ2v) is 5.46. The largest absolute Gasteiger partial charge is 0.496 e. The van der Waals surface area contributed by atoms with Crippen LogP contribution < -0.4 is 10.5 Å². The second kappa shape index (κ2) is 7.23. The number of aryl methyl sites for hydroxylation is 2. The van der Waals surface area contributed by atoms with Crippen molar-refractivity contribution < 1.29 is 4.74 Å². The molecule has 1 heterocycles. The molecule has 112 valence electrons. The molecule has 21 heavy (non-hydrogen) atoms.